The first kappa shape index (κ1) is 17.2. The molecule has 4 aromatic rings. The van der Waals surface area contributed by atoms with Crippen molar-refractivity contribution >= 4 is 28.2 Å². The van der Waals surface area contributed by atoms with E-state index >= 15 is 0 Å². The molecule has 2 heterocycles. The predicted octanol–water partition coefficient (Wildman–Crippen LogP) is 3.16. The highest BCUT2D eigenvalue weighted by molar-refractivity contribution is 5.93. The Morgan fingerprint density at radius 3 is 2.57 bits per heavy atom. The van der Waals surface area contributed by atoms with Crippen LogP contribution in [0.4, 0.5) is 11.5 Å². The van der Waals surface area contributed by atoms with Crippen molar-refractivity contribution in [2.24, 2.45) is 0 Å². The highest BCUT2D eigenvalue weighted by Gasteiger charge is 2.12. The van der Waals surface area contributed by atoms with Crippen LogP contribution in [-0.2, 0) is 0 Å². The molecule has 1 amide bonds. The molecule has 0 atom stereocenters. The summed E-state index contributed by atoms with van der Waals surface area (Å²) >= 11 is 0. The second-order valence-corrected chi connectivity index (χ2v) is 5.85. The largest absolute Gasteiger partial charge is 0.437 e. The van der Waals surface area contributed by atoms with E-state index in [1.165, 1.54) is 12.5 Å². The van der Waals surface area contributed by atoms with Crippen molar-refractivity contribution in [1.82, 2.24) is 20.4 Å². The lowest BCUT2D eigenvalue weighted by Crippen LogP contribution is -2.30. The van der Waals surface area contributed by atoms with E-state index in [4.69, 9.17) is 10.5 Å². The third-order valence-corrected chi connectivity index (χ3v) is 3.97. The van der Waals surface area contributed by atoms with Gasteiger partial charge in [-0.3, -0.25) is 20.6 Å². The Hall–Kier alpha value is -4.20. The molecule has 0 saturated heterocycles. The molecule has 0 aliphatic heterocycles. The molecule has 4 rings (SSSR count). The molecule has 0 aliphatic rings. The fraction of sp³-hybridized carbons (Fsp3) is 0. The lowest BCUT2D eigenvalue weighted by molar-refractivity contribution is 0.0957. The number of amides is 1. The number of benzene rings is 2. The van der Waals surface area contributed by atoms with Gasteiger partial charge in [-0.25, -0.2) is 4.98 Å². The van der Waals surface area contributed by atoms with Gasteiger partial charge in [0.1, 0.15) is 23.5 Å². The van der Waals surface area contributed by atoms with Gasteiger partial charge in [0.15, 0.2) is 5.82 Å². The van der Waals surface area contributed by atoms with E-state index in [9.17, 15) is 4.79 Å². The second-order valence-electron chi connectivity index (χ2n) is 5.85. The van der Waals surface area contributed by atoms with Crippen molar-refractivity contribution in [2.45, 2.75) is 0 Å². The standard InChI is InChI=1S/C20H16N6O2/c21-17-18(25-26-19(27)16-7-3-4-10-22-16)23-12-24-20(17)28-15-9-8-13-5-1-2-6-14(13)11-15/h1-12H,21H2,(H,26,27)(H,23,24,25). The lowest BCUT2D eigenvalue weighted by Gasteiger charge is -2.12. The number of aromatic nitrogens is 3. The number of nitrogens with two attached hydrogens (primary N) is 1. The van der Waals surface area contributed by atoms with E-state index < -0.39 is 5.91 Å². The first-order valence-electron chi connectivity index (χ1n) is 8.45. The number of anilines is 2. The molecule has 28 heavy (non-hydrogen) atoms. The second kappa shape index (κ2) is 7.58. The third-order valence-electron chi connectivity index (χ3n) is 3.97. The van der Waals surface area contributed by atoms with Crippen LogP contribution in [0.5, 0.6) is 11.6 Å². The fourth-order valence-corrected chi connectivity index (χ4v) is 2.58. The molecule has 4 N–H and O–H groups in total. The van der Waals surface area contributed by atoms with Gasteiger partial charge in [-0.05, 0) is 35.0 Å². The van der Waals surface area contributed by atoms with E-state index in [-0.39, 0.29) is 23.1 Å². The SMILES string of the molecule is Nc1c(NNC(=O)c2ccccn2)ncnc1Oc1ccc2ccccc2c1. The molecule has 0 spiro atoms. The highest BCUT2D eigenvalue weighted by Crippen LogP contribution is 2.30. The van der Waals surface area contributed by atoms with Crippen LogP contribution < -0.4 is 21.3 Å². The quantitative estimate of drug-likeness (QED) is 0.461. The number of nitrogen functional groups attached to an aromatic ring is 1. The van der Waals surface area contributed by atoms with Crippen molar-refractivity contribution in [3.63, 3.8) is 0 Å². The van der Waals surface area contributed by atoms with Crippen LogP contribution in [0, 0.1) is 0 Å². The summed E-state index contributed by atoms with van der Waals surface area (Å²) in [6, 6.07) is 18.7. The molecular formula is C20H16N6O2. The van der Waals surface area contributed by atoms with Crippen molar-refractivity contribution in [3.8, 4) is 11.6 Å². The fourth-order valence-electron chi connectivity index (χ4n) is 2.58. The van der Waals surface area contributed by atoms with Crippen molar-refractivity contribution in [1.29, 1.82) is 0 Å². The number of pyridine rings is 1. The number of rotatable bonds is 5. The smallest absolute Gasteiger partial charge is 0.288 e. The first-order valence-corrected chi connectivity index (χ1v) is 8.45. The molecule has 8 heteroatoms. The summed E-state index contributed by atoms with van der Waals surface area (Å²) < 4.78 is 5.81. The van der Waals surface area contributed by atoms with Crippen molar-refractivity contribution < 1.29 is 9.53 Å². The van der Waals surface area contributed by atoms with Gasteiger partial charge in [0.2, 0.25) is 5.88 Å². The minimum absolute atomic E-state index is 0.164. The maximum atomic E-state index is 12.1. The minimum atomic E-state index is -0.421. The molecular weight excluding hydrogens is 356 g/mol. The number of carbonyl (C=O) groups is 1. The summed E-state index contributed by atoms with van der Waals surface area (Å²) in [4.78, 5) is 24.2. The molecule has 138 valence electrons. The Morgan fingerprint density at radius 1 is 0.929 bits per heavy atom. The Balaban J connectivity index is 1.50. The third kappa shape index (κ3) is 3.65. The van der Waals surface area contributed by atoms with Gasteiger partial charge in [0.25, 0.3) is 5.91 Å². The van der Waals surface area contributed by atoms with Crippen LogP contribution >= 0.6 is 0 Å². The van der Waals surface area contributed by atoms with Gasteiger partial charge < -0.3 is 10.5 Å². The maximum absolute atomic E-state index is 12.1. The maximum Gasteiger partial charge on any atom is 0.288 e. The Morgan fingerprint density at radius 2 is 1.75 bits per heavy atom. The van der Waals surface area contributed by atoms with Crippen molar-refractivity contribution in [2.75, 3.05) is 11.2 Å². The summed E-state index contributed by atoms with van der Waals surface area (Å²) in [5.74, 6) is 0.568. The zero-order chi connectivity index (χ0) is 19.3. The molecule has 0 radical (unpaired) electrons. The number of fused-ring (bicyclic) bond motifs is 1. The number of carbonyl (C=O) groups excluding carboxylic acids is 1. The van der Waals surface area contributed by atoms with Gasteiger partial charge in [-0.1, -0.05) is 36.4 Å². The van der Waals surface area contributed by atoms with Crippen LogP contribution in [0.15, 0.2) is 73.2 Å². The number of hydrogen-bond donors (Lipinski definition) is 3. The Bertz CT molecular complexity index is 1130. The number of ether oxygens (including phenoxy) is 1. The zero-order valence-corrected chi connectivity index (χ0v) is 14.7. The predicted molar refractivity (Wildman–Crippen MR) is 106 cm³/mol. The Labute approximate surface area is 160 Å². The molecule has 0 bridgehead atoms. The minimum Gasteiger partial charge on any atom is -0.437 e. The van der Waals surface area contributed by atoms with Crippen molar-refractivity contribution in [3.05, 3.63) is 78.9 Å². The lowest BCUT2D eigenvalue weighted by atomic mass is 10.1. The normalized spacial score (nSPS) is 10.4. The van der Waals surface area contributed by atoms with Gasteiger partial charge >= 0.3 is 0 Å². The van der Waals surface area contributed by atoms with E-state index in [0.717, 1.165) is 10.8 Å². The van der Waals surface area contributed by atoms with Gasteiger partial charge in [0, 0.05) is 6.20 Å². The van der Waals surface area contributed by atoms with Gasteiger partial charge in [-0.2, -0.15) is 4.98 Å². The number of hydrogen-bond acceptors (Lipinski definition) is 7. The monoisotopic (exact) mass is 372 g/mol. The number of nitrogens with zero attached hydrogens (tertiary/aromatic N) is 3. The van der Waals surface area contributed by atoms with E-state index in [2.05, 4.69) is 25.8 Å². The summed E-state index contributed by atoms with van der Waals surface area (Å²) in [6.45, 7) is 0. The Kier molecular flexibility index (Phi) is 4.67. The molecule has 8 nitrogen and oxygen atoms in total. The first-order chi connectivity index (χ1) is 13.7. The van der Waals surface area contributed by atoms with Crippen LogP contribution in [0.1, 0.15) is 10.5 Å². The van der Waals surface area contributed by atoms with Crippen LogP contribution in [0.2, 0.25) is 0 Å². The van der Waals surface area contributed by atoms with Crippen LogP contribution in [-0.4, -0.2) is 20.9 Å². The van der Waals surface area contributed by atoms with Gasteiger partial charge in [0.05, 0.1) is 0 Å². The van der Waals surface area contributed by atoms with Crippen LogP contribution in [0.25, 0.3) is 10.8 Å². The average Bonchev–Trinajstić information content (AvgIpc) is 2.74. The highest BCUT2D eigenvalue weighted by atomic mass is 16.5. The molecule has 0 fully saturated rings. The summed E-state index contributed by atoms with van der Waals surface area (Å²) in [7, 11) is 0. The summed E-state index contributed by atoms with van der Waals surface area (Å²) in [6.07, 6.45) is 2.82. The zero-order valence-electron chi connectivity index (χ0n) is 14.7. The number of hydrazine groups is 1. The average molecular weight is 372 g/mol. The van der Waals surface area contributed by atoms with Gasteiger partial charge in [-0.15, -0.1) is 0 Å². The number of nitrogens with one attached hydrogen (secondary N) is 2. The van der Waals surface area contributed by atoms with E-state index in [1.54, 1.807) is 18.2 Å². The molecule has 0 unspecified atom stereocenters. The molecule has 0 saturated carbocycles. The molecule has 2 aromatic heterocycles. The van der Waals surface area contributed by atoms with E-state index in [1.807, 2.05) is 42.5 Å². The summed E-state index contributed by atoms with van der Waals surface area (Å²) in [5.41, 5.74) is 11.7. The molecule has 2 aromatic carbocycles. The van der Waals surface area contributed by atoms with E-state index in [0.29, 0.717) is 5.75 Å². The van der Waals surface area contributed by atoms with Crippen LogP contribution in [0.3, 0.4) is 0 Å². The summed E-state index contributed by atoms with van der Waals surface area (Å²) in [5, 5.41) is 2.14. The topological polar surface area (TPSA) is 115 Å². The molecule has 0 aliphatic carbocycles.